The van der Waals surface area contributed by atoms with Crippen molar-refractivity contribution in [3.63, 3.8) is 0 Å². The summed E-state index contributed by atoms with van der Waals surface area (Å²) in [7, 11) is 1.57. The van der Waals surface area contributed by atoms with Crippen molar-refractivity contribution in [2.75, 3.05) is 7.11 Å². The highest BCUT2D eigenvalue weighted by Crippen LogP contribution is 2.30. The summed E-state index contributed by atoms with van der Waals surface area (Å²) < 4.78 is 5.29. The molecule has 1 unspecified atom stereocenters. The normalized spacial score (nSPS) is 12.2. The van der Waals surface area contributed by atoms with Gasteiger partial charge in [0.25, 0.3) is 0 Å². The van der Waals surface area contributed by atoms with Gasteiger partial charge in [0.15, 0.2) is 0 Å². The van der Waals surface area contributed by atoms with Gasteiger partial charge >= 0.3 is 0 Å². The van der Waals surface area contributed by atoms with Crippen molar-refractivity contribution < 1.29 is 9.53 Å². The van der Waals surface area contributed by atoms with Crippen molar-refractivity contribution in [1.82, 2.24) is 5.32 Å². The van der Waals surface area contributed by atoms with Gasteiger partial charge in [-0.15, -0.1) is 0 Å². The summed E-state index contributed by atoms with van der Waals surface area (Å²) in [6.45, 7) is 1.80. The Bertz CT molecular complexity index is 857. The molecule has 0 aliphatic carbocycles. The Kier molecular flexibility index (Phi) is 6.46. The van der Waals surface area contributed by atoms with E-state index in [1.54, 1.807) is 32.2 Å². The maximum absolute atomic E-state index is 12.3. The van der Waals surface area contributed by atoms with E-state index < -0.39 is 11.9 Å². The number of ether oxygens (including phenoxy) is 1. The molecule has 0 aliphatic rings. The minimum atomic E-state index is -0.902. The predicted molar refractivity (Wildman–Crippen MR) is 99.6 cm³/mol. The van der Waals surface area contributed by atoms with Crippen LogP contribution in [0.4, 0.5) is 0 Å². The van der Waals surface area contributed by atoms with Crippen molar-refractivity contribution in [1.29, 1.82) is 5.26 Å². The van der Waals surface area contributed by atoms with E-state index in [2.05, 4.69) is 5.32 Å². The average Bonchev–Trinajstić information content (AvgIpc) is 2.62. The summed E-state index contributed by atoms with van der Waals surface area (Å²) in [4.78, 5) is 12.3. The van der Waals surface area contributed by atoms with Crippen LogP contribution in [-0.2, 0) is 4.79 Å². The molecule has 4 nitrogen and oxygen atoms in total. The molecule has 128 valence electrons. The van der Waals surface area contributed by atoms with Crippen LogP contribution in [0.2, 0.25) is 10.0 Å². The molecule has 0 saturated heterocycles. The molecular weight excluding hydrogens is 359 g/mol. The molecule has 1 N–H and O–H groups in total. The molecule has 0 radical (unpaired) electrons. The molecule has 0 fully saturated rings. The highest BCUT2D eigenvalue weighted by atomic mass is 35.5. The second-order valence-electron chi connectivity index (χ2n) is 5.24. The fourth-order valence-corrected chi connectivity index (χ4v) is 2.77. The van der Waals surface area contributed by atoms with E-state index in [0.717, 1.165) is 5.56 Å². The Morgan fingerprint density at radius 1 is 1.24 bits per heavy atom. The van der Waals surface area contributed by atoms with Gasteiger partial charge in [-0.25, -0.2) is 0 Å². The van der Waals surface area contributed by atoms with E-state index >= 15 is 0 Å². The van der Waals surface area contributed by atoms with Gasteiger partial charge in [0, 0.05) is 17.2 Å². The van der Waals surface area contributed by atoms with Crippen molar-refractivity contribution in [3.8, 4) is 11.8 Å². The van der Waals surface area contributed by atoms with Crippen LogP contribution >= 0.6 is 23.2 Å². The van der Waals surface area contributed by atoms with Crippen LogP contribution < -0.4 is 10.1 Å². The first-order valence-corrected chi connectivity index (χ1v) is 8.19. The number of methoxy groups -OCH3 is 1. The second kappa shape index (κ2) is 8.57. The number of nitrogens with one attached hydrogen (secondary N) is 1. The van der Waals surface area contributed by atoms with E-state index in [4.69, 9.17) is 27.9 Å². The minimum Gasteiger partial charge on any atom is -0.496 e. The highest BCUT2D eigenvalue weighted by Gasteiger charge is 2.17. The highest BCUT2D eigenvalue weighted by molar-refractivity contribution is 6.42. The van der Waals surface area contributed by atoms with Crippen LogP contribution in [0.3, 0.4) is 0 Å². The summed E-state index contributed by atoms with van der Waals surface area (Å²) in [5, 5.41) is 12.6. The summed E-state index contributed by atoms with van der Waals surface area (Å²) in [5.74, 6) is 0.254. The monoisotopic (exact) mass is 374 g/mol. The molecule has 6 heteroatoms. The number of carbonyl (C=O) groups is 1. The van der Waals surface area contributed by atoms with E-state index in [-0.39, 0.29) is 5.02 Å². The average molecular weight is 375 g/mol. The maximum Gasteiger partial charge on any atom is 0.245 e. The molecule has 25 heavy (non-hydrogen) atoms. The Hall–Kier alpha value is -2.48. The van der Waals surface area contributed by atoms with Crippen LogP contribution in [0.25, 0.3) is 5.57 Å². The third-order valence-electron chi connectivity index (χ3n) is 3.59. The number of nitriles is 1. The number of halogens is 2. The number of carbonyl (C=O) groups excluding carboxylic acids is 1. The number of nitrogens with zero attached hydrogens (tertiary/aromatic N) is 1. The van der Waals surface area contributed by atoms with Crippen LogP contribution in [0.15, 0.2) is 48.5 Å². The molecule has 0 aromatic heterocycles. The molecule has 0 bridgehead atoms. The SMILES string of the molecule is COc1ccccc1C(C)=CC(=O)NC(C#N)c1cccc(Cl)c1Cl. The fourth-order valence-electron chi connectivity index (χ4n) is 2.35. The molecular formula is C19H16Cl2N2O2. The topological polar surface area (TPSA) is 62.1 Å². The lowest BCUT2D eigenvalue weighted by Gasteiger charge is -2.14. The number of rotatable bonds is 5. The molecule has 0 aliphatic heterocycles. The summed E-state index contributed by atoms with van der Waals surface area (Å²) in [6.07, 6.45) is 1.42. The molecule has 2 aromatic rings. The van der Waals surface area contributed by atoms with Crippen molar-refractivity contribution in [2.24, 2.45) is 0 Å². The molecule has 2 aromatic carbocycles. The lowest BCUT2D eigenvalue weighted by molar-refractivity contribution is -0.116. The third kappa shape index (κ3) is 4.54. The minimum absolute atomic E-state index is 0.251. The predicted octanol–water partition coefficient (Wildman–Crippen LogP) is 4.79. The van der Waals surface area contributed by atoms with Gasteiger partial charge in [-0.05, 0) is 24.6 Å². The number of hydrogen-bond acceptors (Lipinski definition) is 3. The van der Waals surface area contributed by atoms with Crippen LogP contribution in [0, 0.1) is 11.3 Å². The first kappa shape index (κ1) is 18.9. The van der Waals surface area contributed by atoms with Crippen LogP contribution in [0.1, 0.15) is 24.1 Å². The smallest absolute Gasteiger partial charge is 0.245 e. The van der Waals surface area contributed by atoms with E-state index in [9.17, 15) is 10.1 Å². The van der Waals surface area contributed by atoms with Gasteiger partial charge in [0.1, 0.15) is 11.8 Å². The first-order valence-electron chi connectivity index (χ1n) is 7.43. The first-order chi connectivity index (χ1) is 12.0. The van der Waals surface area contributed by atoms with Crippen LogP contribution in [-0.4, -0.2) is 13.0 Å². The van der Waals surface area contributed by atoms with Gasteiger partial charge in [-0.1, -0.05) is 53.5 Å². The fraction of sp³-hybridized carbons (Fsp3) is 0.158. The number of amides is 1. The molecule has 0 saturated carbocycles. The van der Waals surface area contributed by atoms with Gasteiger partial charge < -0.3 is 10.1 Å². The van der Waals surface area contributed by atoms with Crippen molar-refractivity contribution >= 4 is 34.7 Å². The lowest BCUT2D eigenvalue weighted by Crippen LogP contribution is -2.26. The third-order valence-corrected chi connectivity index (χ3v) is 4.42. The number of benzene rings is 2. The second-order valence-corrected chi connectivity index (χ2v) is 6.03. The quantitative estimate of drug-likeness (QED) is 0.765. The van der Waals surface area contributed by atoms with Crippen LogP contribution in [0.5, 0.6) is 5.75 Å². The zero-order chi connectivity index (χ0) is 18.4. The molecule has 2 rings (SSSR count). The van der Waals surface area contributed by atoms with Crippen molar-refractivity contribution in [2.45, 2.75) is 13.0 Å². The molecule has 0 spiro atoms. The largest absolute Gasteiger partial charge is 0.496 e. The zero-order valence-electron chi connectivity index (χ0n) is 13.7. The molecule has 0 heterocycles. The number of para-hydroxylation sites is 1. The Balaban J connectivity index is 2.23. The Morgan fingerprint density at radius 3 is 2.64 bits per heavy atom. The summed E-state index contributed by atoms with van der Waals surface area (Å²) in [6, 6.07) is 13.4. The van der Waals surface area contributed by atoms with Crippen molar-refractivity contribution in [3.05, 3.63) is 69.7 Å². The standard InChI is InChI=1S/C19H16Cl2N2O2/c1-12(13-6-3-4-9-17(13)25-2)10-18(24)23-16(11-22)14-7-5-8-15(20)19(14)21/h3-10,16H,1-2H3,(H,23,24). The summed E-state index contributed by atoms with van der Waals surface area (Å²) in [5.41, 5.74) is 1.96. The van der Waals surface area contributed by atoms with Gasteiger partial charge in [-0.2, -0.15) is 5.26 Å². The molecule has 1 atom stereocenters. The Labute approximate surface area is 156 Å². The van der Waals surface area contributed by atoms with Gasteiger partial charge in [0.2, 0.25) is 5.91 Å². The van der Waals surface area contributed by atoms with E-state index in [1.807, 2.05) is 30.3 Å². The van der Waals surface area contributed by atoms with Gasteiger partial charge in [0.05, 0.1) is 23.2 Å². The maximum atomic E-state index is 12.3. The number of allylic oxidation sites excluding steroid dienone is 1. The lowest BCUT2D eigenvalue weighted by atomic mass is 10.1. The number of hydrogen-bond donors (Lipinski definition) is 1. The van der Waals surface area contributed by atoms with E-state index in [0.29, 0.717) is 21.9 Å². The van der Waals surface area contributed by atoms with Gasteiger partial charge in [-0.3, -0.25) is 4.79 Å². The Morgan fingerprint density at radius 2 is 1.96 bits per heavy atom. The molecule has 1 amide bonds. The van der Waals surface area contributed by atoms with E-state index in [1.165, 1.54) is 6.08 Å². The zero-order valence-corrected chi connectivity index (χ0v) is 15.2. The summed E-state index contributed by atoms with van der Waals surface area (Å²) >= 11 is 12.1.